The Morgan fingerprint density at radius 2 is 1.81 bits per heavy atom. The minimum Gasteiger partial charge on any atom is -0.347 e. The van der Waals surface area contributed by atoms with E-state index in [1.165, 1.54) is 19.3 Å². The molecule has 16 heavy (non-hydrogen) atoms. The second-order valence-electron chi connectivity index (χ2n) is 6.35. The molecular formula is C13H21NO2. The largest absolute Gasteiger partial charge is 0.347 e. The summed E-state index contributed by atoms with van der Waals surface area (Å²) in [5.41, 5.74) is 6.86. The van der Waals surface area contributed by atoms with Gasteiger partial charge in [0.05, 0.1) is 12.2 Å². The fourth-order valence-electron chi connectivity index (χ4n) is 5.10. The fraction of sp³-hybridized carbons (Fsp3) is 1.00. The first-order valence-corrected chi connectivity index (χ1v) is 6.75. The Balaban J connectivity index is 1.62. The molecule has 2 bridgehead atoms. The highest BCUT2D eigenvalue weighted by Crippen LogP contribution is 2.63. The zero-order valence-electron chi connectivity index (χ0n) is 9.89. The van der Waals surface area contributed by atoms with Crippen molar-refractivity contribution in [1.82, 2.24) is 0 Å². The van der Waals surface area contributed by atoms with Crippen LogP contribution in [0.25, 0.3) is 0 Å². The topological polar surface area (TPSA) is 44.5 Å². The SMILES string of the molecule is C[C@@H]1OC2C[C@@]3(C[C@H]2O1)[C@H]1CC[C@H](C1)[C@H]3N. The molecule has 3 heteroatoms. The predicted molar refractivity (Wildman–Crippen MR) is 59.7 cm³/mol. The van der Waals surface area contributed by atoms with Crippen LogP contribution in [0.3, 0.4) is 0 Å². The molecule has 2 N–H and O–H groups in total. The quantitative estimate of drug-likeness (QED) is 0.679. The molecule has 1 unspecified atom stereocenters. The first kappa shape index (κ1) is 9.86. The van der Waals surface area contributed by atoms with Gasteiger partial charge in [-0.2, -0.15) is 0 Å². The summed E-state index contributed by atoms with van der Waals surface area (Å²) in [6.45, 7) is 2.01. The van der Waals surface area contributed by atoms with E-state index in [-0.39, 0.29) is 6.29 Å². The highest BCUT2D eigenvalue weighted by molar-refractivity contribution is 5.14. The average molecular weight is 223 g/mol. The van der Waals surface area contributed by atoms with E-state index in [1.54, 1.807) is 0 Å². The molecule has 3 nitrogen and oxygen atoms in total. The Kier molecular flexibility index (Phi) is 1.85. The number of hydrogen-bond acceptors (Lipinski definition) is 3. The van der Waals surface area contributed by atoms with Gasteiger partial charge in [-0.25, -0.2) is 0 Å². The molecule has 0 aromatic heterocycles. The Hall–Kier alpha value is -0.120. The molecule has 1 spiro atoms. The molecule has 4 aliphatic rings. The van der Waals surface area contributed by atoms with E-state index in [0.717, 1.165) is 24.7 Å². The molecule has 0 aromatic rings. The molecule has 0 radical (unpaired) electrons. The summed E-state index contributed by atoms with van der Waals surface area (Å²) in [4.78, 5) is 0. The summed E-state index contributed by atoms with van der Waals surface area (Å²) in [7, 11) is 0. The maximum absolute atomic E-state index is 6.49. The third-order valence-corrected chi connectivity index (χ3v) is 5.77. The van der Waals surface area contributed by atoms with Gasteiger partial charge in [0.25, 0.3) is 0 Å². The second-order valence-corrected chi connectivity index (χ2v) is 6.35. The molecule has 1 saturated heterocycles. The lowest BCUT2D eigenvalue weighted by Crippen LogP contribution is -2.45. The molecule has 1 heterocycles. The summed E-state index contributed by atoms with van der Waals surface area (Å²) in [6.07, 6.45) is 7.11. The van der Waals surface area contributed by atoms with Crippen molar-refractivity contribution in [3.8, 4) is 0 Å². The van der Waals surface area contributed by atoms with Crippen LogP contribution >= 0.6 is 0 Å². The Labute approximate surface area is 96.7 Å². The Bertz CT molecular complexity index is 301. The lowest BCUT2D eigenvalue weighted by molar-refractivity contribution is -0.0774. The normalized spacial score (nSPS) is 63.4. The summed E-state index contributed by atoms with van der Waals surface area (Å²) < 4.78 is 11.7. The van der Waals surface area contributed by atoms with E-state index in [2.05, 4.69) is 0 Å². The van der Waals surface area contributed by atoms with Gasteiger partial charge >= 0.3 is 0 Å². The molecule has 3 aliphatic carbocycles. The van der Waals surface area contributed by atoms with Crippen LogP contribution in [0.15, 0.2) is 0 Å². The van der Waals surface area contributed by atoms with E-state index in [1.807, 2.05) is 6.92 Å². The van der Waals surface area contributed by atoms with E-state index in [0.29, 0.717) is 23.7 Å². The maximum atomic E-state index is 6.49. The van der Waals surface area contributed by atoms with Gasteiger partial charge < -0.3 is 15.2 Å². The smallest absolute Gasteiger partial charge is 0.155 e. The fourth-order valence-corrected chi connectivity index (χ4v) is 5.10. The molecule has 7 atom stereocenters. The standard InChI is InChI=1S/C13H21NO2/c1-7-15-10-5-13(6-11(10)16-7)9-3-2-8(4-9)12(13)14/h7-12H,2-6,14H2,1H3/t7-,8-,9+,10?,11-,12-,13-/m1/s1. The average Bonchev–Trinajstić information content (AvgIpc) is 2.89. The number of fused-ring (bicyclic) bond motifs is 4. The Morgan fingerprint density at radius 1 is 1.12 bits per heavy atom. The molecule has 0 amide bonds. The van der Waals surface area contributed by atoms with Crippen molar-refractivity contribution in [2.75, 3.05) is 0 Å². The molecule has 3 saturated carbocycles. The summed E-state index contributed by atoms with van der Waals surface area (Å²) in [5, 5.41) is 0. The number of rotatable bonds is 0. The van der Waals surface area contributed by atoms with E-state index >= 15 is 0 Å². The van der Waals surface area contributed by atoms with Gasteiger partial charge in [0.2, 0.25) is 0 Å². The van der Waals surface area contributed by atoms with Crippen molar-refractivity contribution in [2.45, 2.75) is 63.6 Å². The first-order chi connectivity index (χ1) is 7.69. The number of ether oxygens (including phenoxy) is 2. The zero-order chi connectivity index (χ0) is 10.9. The minimum atomic E-state index is 0.00200. The van der Waals surface area contributed by atoms with Crippen LogP contribution in [0, 0.1) is 17.3 Å². The molecule has 0 aromatic carbocycles. The summed E-state index contributed by atoms with van der Waals surface area (Å²) >= 11 is 0. The Morgan fingerprint density at radius 3 is 2.38 bits per heavy atom. The lowest BCUT2D eigenvalue weighted by atomic mass is 9.68. The molecule has 4 fully saturated rings. The lowest BCUT2D eigenvalue weighted by Gasteiger charge is -2.39. The van der Waals surface area contributed by atoms with E-state index in [4.69, 9.17) is 15.2 Å². The molecule has 1 aliphatic heterocycles. The van der Waals surface area contributed by atoms with Crippen LogP contribution in [0.4, 0.5) is 0 Å². The van der Waals surface area contributed by atoms with Gasteiger partial charge in [0, 0.05) is 6.04 Å². The van der Waals surface area contributed by atoms with Crippen LogP contribution in [0.2, 0.25) is 0 Å². The van der Waals surface area contributed by atoms with Crippen LogP contribution in [0.1, 0.15) is 39.0 Å². The maximum Gasteiger partial charge on any atom is 0.155 e. The van der Waals surface area contributed by atoms with Crippen molar-refractivity contribution in [3.05, 3.63) is 0 Å². The van der Waals surface area contributed by atoms with Gasteiger partial charge in [0.1, 0.15) is 0 Å². The van der Waals surface area contributed by atoms with Gasteiger partial charge in [-0.05, 0) is 56.3 Å². The van der Waals surface area contributed by atoms with Crippen LogP contribution in [-0.4, -0.2) is 24.5 Å². The van der Waals surface area contributed by atoms with Gasteiger partial charge in [0.15, 0.2) is 6.29 Å². The minimum absolute atomic E-state index is 0.00200. The van der Waals surface area contributed by atoms with Crippen LogP contribution < -0.4 is 5.73 Å². The van der Waals surface area contributed by atoms with E-state index in [9.17, 15) is 0 Å². The van der Waals surface area contributed by atoms with Gasteiger partial charge in [-0.15, -0.1) is 0 Å². The number of nitrogens with two attached hydrogens (primary N) is 1. The van der Waals surface area contributed by atoms with Crippen LogP contribution in [-0.2, 0) is 9.47 Å². The molecule has 4 rings (SSSR count). The van der Waals surface area contributed by atoms with Crippen molar-refractivity contribution in [1.29, 1.82) is 0 Å². The van der Waals surface area contributed by atoms with Crippen molar-refractivity contribution < 1.29 is 9.47 Å². The first-order valence-electron chi connectivity index (χ1n) is 6.75. The zero-order valence-corrected chi connectivity index (χ0v) is 9.89. The van der Waals surface area contributed by atoms with Gasteiger partial charge in [-0.1, -0.05) is 0 Å². The highest BCUT2D eigenvalue weighted by atomic mass is 16.7. The number of hydrogen-bond donors (Lipinski definition) is 1. The van der Waals surface area contributed by atoms with Crippen molar-refractivity contribution in [2.24, 2.45) is 23.0 Å². The second kappa shape index (κ2) is 3.01. The third-order valence-electron chi connectivity index (χ3n) is 5.77. The molecular weight excluding hydrogens is 202 g/mol. The van der Waals surface area contributed by atoms with Gasteiger partial charge in [-0.3, -0.25) is 0 Å². The monoisotopic (exact) mass is 223 g/mol. The third kappa shape index (κ3) is 1.05. The summed E-state index contributed by atoms with van der Waals surface area (Å²) in [6, 6.07) is 0.416. The van der Waals surface area contributed by atoms with E-state index < -0.39 is 0 Å². The summed E-state index contributed by atoms with van der Waals surface area (Å²) in [5.74, 6) is 1.65. The van der Waals surface area contributed by atoms with Crippen LogP contribution in [0.5, 0.6) is 0 Å². The van der Waals surface area contributed by atoms with Crippen molar-refractivity contribution in [3.63, 3.8) is 0 Å². The molecule has 90 valence electrons. The predicted octanol–water partition coefficient (Wildman–Crippen LogP) is 1.65. The highest BCUT2D eigenvalue weighted by Gasteiger charge is 2.63. The van der Waals surface area contributed by atoms with Crippen molar-refractivity contribution >= 4 is 0 Å².